The van der Waals surface area contributed by atoms with E-state index >= 15 is 0 Å². The van der Waals surface area contributed by atoms with Gasteiger partial charge in [0.25, 0.3) is 0 Å². The third-order valence-electron chi connectivity index (χ3n) is 3.37. The number of halogens is 2. The van der Waals surface area contributed by atoms with E-state index in [1.54, 1.807) is 7.11 Å². The topological polar surface area (TPSA) is 30.5 Å². The normalized spacial score (nSPS) is 10.1. The molecule has 0 amide bonds. The molecule has 0 aliphatic carbocycles. The molecule has 0 atom stereocenters. The van der Waals surface area contributed by atoms with Gasteiger partial charge in [-0.25, -0.2) is 0 Å². The smallest absolute Gasteiger partial charge is 0.175 e. The first-order chi connectivity index (χ1) is 10.6. The molecule has 0 aliphatic rings. The van der Waals surface area contributed by atoms with Crippen molar-refractivity contribution in [1.82, 2.24) is 5.32 Å². The molecule has 0 saturated carbocycles. The van der Waals surface area contributed by atoms with Crippen LogP contribution in [0.4, 0.5) is 0 Å². The molecular weight excluding hydrogens is 378 g/mol. The highest BCUT2D eigenvalue weighted by molar-refractivity contribution is 9.10. The summed E-state index contributed by atoms with van der Waals surface area (Å²) in [6.07, 6.45) is 0. The Morgan fingerprint density at radius 1 is 1.09 bits per heavy atom. The second kappa shape index (κ2) is 9.81. The lowest BCUT2D eigenvalue weighted by atomic mass is 10.1. The van der Waals surface area contributed by atoms with Crippen LogP contribution in [0.15, 0.2) is 40.9 Å². The molecule has 5 heteroatoms. The zero-order chi connectivity index (χ0) is 15.9. The van der Waals surface area contributed by atoms with Crippen LogP contribution in [-0.2, 0) is 13.2 Å². The van der Waals surface area contributed by atoms with Crippen LogP contribution in [0.3, 0.4) is 0 Å². The molecule has 126 valence electrons. The van der Waals surface area contributed by atoms with Crippen molar-refractivity contribution in [3.63, 3.8) is 0 Å². The number of rotatable bonds is 7. The summed E-state index contributed by atoms with van der Waals surface area (Å²) < 4.78 is 12.3. The van der Waals surface area contributed by atoms with Gasteiger partial charge in [-0.2, -0.15) is 0 Å². The van der Waals surface area contributed by atoms with Crippen LogP contribution in [0.2, 0.25) is 0 Å². The third-order valence-corrected chi connectivity index (χ3v) is 3.96. The van der Waals surface area contributed by atoms with E-state index in [4.69, 9.17) is 9.47 Å². The predicted octanol–water partition coefficient (Wildman–Crippen LogP) is 4.88. The second-order valence-corrected chi connectivity index (χ2v) is 6.02. The second-order valence-electron chi connectivity index (χ2n) is 5.16. The Hall–Kier alpha value is -1.23. The number of hydrogen-bond donors (Lipinski definition) is 1. The highest BCUT2D eigenvalue weighted by atomic mass is 79.9. The molecule has 23 heavy (non-hydrogen) atoms. The minimum atomic E-state index is 0. The summed E-state index contributed by atoms with van der Waals surface area (Å²) in [5.74, 6) is 1.48. The maximum absolute atomic E-state index is 5.95. The summed E-state index contributed by atoms with van der Waals surface area (Å²) in [5, 5.41) is 3.31. The Labute approximate surface area is 152 Å². The molecule has 0 aromatic heterocycles. The van der Waals surface area contributed by atoms with E-state index < -0.39 is 0 Å². The fourth-order valence-corrected chi connectivity index (χ4v) is 2.73. The van der Waals surface area contributed by atoms with E-state index in [1.165, 1.54) is 5.56 Å². The van der Waals surface area contributed by atoms with Crippen molar-refractivity contribution >= 4 is 28.3 Å². The van der Waals surface area contributed by atoms with Crippen LogP contribution in [0.1, 0.15) is 23.6 Å². The molecule has 2 aromatic rings. The Bertz CT molecular complexity index is 617. The van der Waals surface area contributed by atoms with Gasteiger partial charge in [0, 0.05) is 6.54 Å². The van der Waals surface area contributed by atoms with Crippen LogP contribution in [-0.4, -0.2) is 13.7 Å². The van der Waals surface area contributed by atoms with Crippen LogP contribution in [0.25, 0.3) is 0 Å². The molecule has 0 heterocycles. The molecule has 2 rings (SSSR count). The van der Waals surface area contributed by atoms with Crippen LogP contribution < -0.4 is 14.8 Å². The molecule has 1 N–H and O–H groups in total. The quantitative estimate of drug-likeness (QED) is 0.719. The first kappa shape index (κ1) is 19.8. The Morgan fingerprint density at radius 3 is 2.39 bits per heavy atom. The average molecular weight is 401 g/mol. The van der Waals surface area contributed by atoms with Gasteiger partial charge in [-0.05, 0) is 52.7 Å². The van der Waals surface area contributed by atoms with Crippen LogP contribution in [0, 0.1) is 6.92 Å². The van der Waals surface area contributed by atoms with Gasteiger partial charge in [-0.1, -0.05) is 36.8 Å². The van der Waals surface area contributed by atoms with E-state index in [2.05, 4.69) is 65.4 Å². The van der Waals surface area contributed by atoms with E-state index in [9.17, 15) is 0 Å². The number of aryl methyl sites for hydroxylation is 1. The molecule has 2 aromatic carbocycles. The Balaban J connectivity index is 0.00000264. The van der Waals surface area contributed by atoms with E-state index in [1.807, 2.05) is 6.07 Å². The van der Waals surface area contributed by atoms with Crippen molar-refractivity contribution in [1.29, 1.82) is 0 Å². The minimum absolute atomic E-state index is 0. The molecule has 0 fully saturated rings. The lowest BCUT2D eigenvalue weighted by molar-refractivity contribution is 0.282. The lowest BCUT2D eigenvalue weighted by Gasteiger charge is -2.15. The molecule has 0 bridgehead atoms. The summed E-state index contributed by atoms with van der Waals surface area (Å²) in [5.41, 5.74) is 3.54. The van der Waals surface area contributed by atoms with Crippen molar-refractivity contribution in [3.05, 3.63) is 57.6 Å². The van der Waals surface area contributed by atoms with Crippen LogP contribution in [0.5, 0.6) is 11.5 Å². The maximum Gasteiger partial charge on any atom is 0.175 e. The van der Waals surface area contributed by atoms with Gasteiger partial charge in [0.2, 0.25) is 0 Å². The standard InChI is InChI=1S/C18H22BrNO2.ClH/c1-4-20-11-15-9-16(19)18(17(10-15)21-3)22-12-14-7-5-13(2)6-8-14;/h5-10,20H,4,11-12H2,1-3H3;1H. The number of methoxy groups -OCH3 is 1. The van der Waals surface area contributed by atoms with E-state index in [0.29, 0.717) is 6.61 Å². The summed E-state index contributed by atoms with van der Waals surface area (Å²) in [4.78, 5) is 0. The van der Waals surface area contributed by atoms with Crippen molar-refractivity contribution < 1.29 is 9.47 Å². The van der Waals surface area contributed by atoms with Crippen molar-refractivity contribution in [3.8, 4) is 11.5 Å². The SMILES string of the molecule is CCNCc1cc(Br)c(OCc2ccc(C)cc2)c(OC)c1.Cl. The van der Waals surface area contributed by atoms with Gasteiger partial charge in [0.05, 0.1) is 11.6 Å². The lowest BCUT2D eigenvalue weighted by Crippen LogP contribution is -2.12. The predicted molar refractivity (Wildman–Crippen MR) is 101 cm³/mol. The van der Waals surface area contributed by atoms with Crippen molar-refractivity contribution in [2.45, 2.75) is 27.0 Å². The number of nitrogens with one attached hydrogen (secondary N) is 1. The summed E-state index contributed by atoms with van der Waals surface area (Å²) in [6.45, 7) is 6.43. The number of benzene rings is 2. The maximum atomic E-state index is 5.95. The van der Waals surface area contributed by atoms with Crippen molar-refractivity contribution in [2.24, 2.45) is 0 Å². The number of ether oxygens (including phenoxy) is 2. The van der Waals surface area contributed by atoms with E-state index in [0.717, 1.165) is 40.2 Å². The molecule has 0 spiro atoms. The highest BCUT2D eigenvalue weighted by Crippen LogP contribution is 2.37. The van der Waals surface area contributed by atoms with Gasteiger partial charge in [-0.3, -0.25) is 0 Å². The summed E-state index contributed by atoms with van der Waals surface area (Å²) >= 11 is 3.58. The minimum Gasteiger partial charge on any atom is -0.493 e. The molecule has 0 saturated heterocycles. The van der Waals surface area contributed by atoms with Gasteiger partial charge < -0.3 is 14.8 Å². The summed E-state index contributed by atoms with van der Waals surface area (Å²) in [7, 11) is 1.66. The molecule has 0 unspecified atom stereocenters. The highest BCUT2D eigenvalue weighted by Gasteiger charge is 2.12. The molecular formula is C18H23BrClNO2. The Morgan fingerprint density at radius 2 is 1.78 bits per heavy atom. The van der Waals surface area contributed by atoms with Gasteiger partial charge in [0.15, 0.2) is 11.5 Å². The summed E-state index contributed by atoms with van der Waals surface area (Å²) in [6, 6.07) is 12.4. The van der Waals surface area contributed by atoms with Crippen LogP contribution >= 0.6 is 28.3 Å². The van der Waals surface area contributed by atoms with Crippen molar-refractivity contribution in [2.75, 3.05) is 13.7 Å². The fourth-order valence-electron chi connectivity index (χ4n) is 2.12. The van der Waals surface area contributed by atoms with Gasteiger partial charge in [-0.15, -0.1) is 12.4 Å². The third kappa shape index (κ3) is 5.72. The monoisotopic (exact) mass is 399 g/mol. The van der Waals surface area contributed by atoms with E-state index in [-0.39, 0.29) is 12.4 Å². The average Bonchev–Trinajstić information content (AvgIpc) is 2.53. The zero-order valence-electron chi connectivity index (χ0n) is 13.7. The first-order valence-corrected chi connectivity index (χ1v) is 8.18. The largest absolute Gasteiger partial charge is 0.493 e. The van der Waals surface area contributed by atoms with Gasteiger partial charge >= 0.3 is 0 Å². The van der Waals surface area contributed by atoms with Gasteiger partial charge in [0.1, 0.15) is 6.61 Å². The fraction of sp³-hybridized carbons (Fsp3) is 0.333. The zero-order valence-corrected chi connectivity index (χ0v) is 16.1. The molecule has 0 radical (unpaired) electrons. The Kier molecular flexibility index (Phi) is 8.45. The molecule has 3 nitrogen and oxygen atoms in total. The number of hydrogen-bond acceptors (Lipinski definition) is 3. The molecule has 0 aliphatic heterocycles. The first-order valence-electron chi connectivity index (χ1n) is 7.39.